The maximum atomic E-state index is 13.4. The minimum absolute atomic E-state index is 0.207. The van der Waals surface area contributed by atoms with Gasteiger partial charge in [-0.15, -0.1) is 0 Å². The molecule has 0 unspecified atom stereocenters. The monoisotopic (exact) mass is 438 g/mol. The van der Waals surface area contributed by atoms with Crippen LogP contribution in [0.25, 0.3) is 16.7 Å². The average molecular weight is 438 g/mol. The van der Waals surface area contributed by atoms with Crippen molar-refractivity contribution in [2.75, 3.05) is 12.4 Å². The fraction of sp³-hybridized carbons (Fsp3) is 0.115. The molecule has 0 radical (unpaired) electrons. The molecule has 3 aromatic heterocycles. The number of ether oxygens (including phenoxy) is 1. The SMILES string of the molecule is COc1cccc(NC(=O)c2cc3c(=O)n4cccc(C)c4nc3n2Cc2ccccc2)c1. The van der Waals surface area contributed by atoms with Gasteiger partial charge in [0.1, 0.15) is 22.7 Å². The van der Waals surface area contributed by atoms with E-state index in [9.17, 15) is 9.59 Å². The van der Waals surface area contributed by atoms with E-state index in [0.29, 0.717) is 40.4 Å². The lowest BCUT2D eigenvalue weighted by Crippen LogP contribution is -2.18. The van der Waals surface area contributed by atoms with Gasteiger partial charge in [0, 0.05) is 24.5 Å². The molecular formula is C26H22N4O3. The normalized spacial score (nSPS) is 11.1. The minimum atomic E-state index is -0.331. The van der Waals surface area contributed by atoms with Crippen LogP contribution in [0.1, 0.15) is 21.6 Å². The van der Waals surface area contributed by atoms with Gasteiger partial charge in [-0.2, -0.15) is 0 Å². The molecule has 0 fully saturated rings. The van der Waals surface area contributed by atoms with Crippen molar-refractivity contribution < 1.29 is 9.53 Å². The third-order valence-electron chi connectivity index (χ3n) is 5.64. The standard InChI is InChI=1S/C26H22N4O3/c1-17-8-7-13-29-23(17)28-24-21(26(29)32)15-22(30(24)16-18-9-4-3-5-10-18)25(31)27-19-11-6-12-20(14-19)33-2/h3-15H,16H2,1-2H3,(H,27,31). The van der Waals surface area contributed by atoms with Gasteiger partial charge >= 0.3 is 0 Å². The van der Waals surface area contributed by atoms with Crippen LogP contribution in [-0.4, -0.2) is 27.0 Å². The molecule has 7 nitrogen and oxygen atoms in total. The predicted octanol–water partition coefficient (Wildman–Crippen LogP) is 4.27. The number of aryl methyl sites for hydroxylation is 1. The lowest BCUT2D eigenvalue weighted by atomic mass is 10.2. The summed E-state index contributed by atoms with van der Waals surface area (Å²) in [7, 11) is 1.57. The molecule has 0 aliphatic heterocycles. The van der Waals surface area contributed by atoms with Crippen molar-refractivity contribution in [1.29, 1.82) is 0 Å². The lowest BCUT2D eigenvalue weighted by Gasteiger charge is -2.12. The van der Waals surface area contributed by atoms with E-state index in [1.165, 1.54) is 4.40 Å². The second kappa shape index (κ2) is 8.27. The van der Waals surface area contributed by atoms with Crippen LogP contribution in [0.5, 0.6) is 5.75 Å². The molecule has 0 saturated heterocycles. The Kier molecular flexibility index (Phi) is 5.14. The Morgan fingerprint density at radius 2 is 1.82 bits per heavy atom. The third-order valence-corrected chi connectivity index (χ3v) is 5.64. The maximum Gasteiger partial charge on any atom is 0.272 e. The molecule has 0 aliphatic rings. The largest absolute Gasteiger partial charge is 0.497 e. The smallest absolute Gasteiger partial charge is 0.272 e. The summed E-state index contributed by atoms with van der Waals surface area (Å²) in [5, 5.41) is 3.31. The van der Waals surface area contributed by atoms with Crippen LogP contribution in [0.2, 0.25) is 0 Å². The Morgan fingerprint density at radius 1 is 1.00 bits per heavy atom. The zero-order valence-corrected chi connectivity index (χ0v) is 18.3. The Labute approximate surface area is 189 Å². The zero-order valence-electron chi connectivity index (χ0n) is 18.3. The fourth-order valence-corrected chi connectivity index (χ4v) is 3.97. The van der Waals surface area contributed by atoms with E-state index in [1.807, 2.05) is 49.4 Å². The summed E-state index contributed by atoms with van der Waals surface area (Å²) in [4.78, 5) is 31.4. The summed E-state index contributed by atoms with van der Waals surface area (Å²) < 4.78 is 8.58. The fourth-order valence-electron chi connectivity index (χ4n) is 3.97. The molecule has 0 spiro atoms. The molecular weight excluding hydrogens is 416 g/mol. The number of hydrogen-bond donors (Lipinski definition) is 1. The van der Waals surface area contributed by atoms with Gasteiger partial charge < -0.3 is 14.6 Å². The number of hydrogen-bond acceptors (Lipinski definition) is 4. The van der Waals surface area contributed by atoms with Gasteiger partial charge in [-0.3, -0.25) is 14.0 Å². The average Bonchev–Trinajstić information content (AvgIpc) is 3.19. The third kappa shape index (κ3) is 3.74. The van der Waals surface area contributed by atoms with Crippen molar-refractivity contribution in [3.63, 3.8) is 0 Å². The van der Waals surface area contributed by atoms with Crippen LogP contribution in [0.15, 0.2) is 83.8 Å². The van der Waals surface area contributed by atoms with Gasteiger partial charge in [0.05, 0.1) is 12.5 Å². The minimum Gasteiger partial charge on any atom is -0.497 e. The van der Waals surface area contributed by atoms with E-state index in [1.54, 1.807) is 48.2 Å². The number of carbonyl (C=O) groups is 1. The van der Waals surface area contributed by atoms with Crippen molar-refractivity contribution in [3.05, 3.63) is 106 Å². The Morgan fingerprint density at radius 3 is 2.61 bits per heavy atom. The number of pyridine rings is 1. The first kappa shape index (κ1) is 20.5. The predicted molar refractivity (Wildman–Crippen MR) is 128 cm³/mol. The molecule has 0 bridgehead atoms. The molecule has 3 heterocycles. The van der Waals surface area contributed by atoms with E-state index in [4.69, 9.17) is 9.72 Å². The highest BCUT2D eigenvalue weighted by atomic mass is 16.5. The number of nitrogens with one attached hydrogen (secondary N) is 1. The van der Waals surface area contributed by atoms with Gasteiger partial charge in [0.25, 0.3) is 11.5 Å². The van der Waals surface area contributed by atoms with Crippen molar-refractivity contribution in [3.8, 4) is 5.75 Å². The Bertz CT molecular complexity index is 1550. The van der Waals surface area contributed by atoms with Crippen LogP contribution in [0, 0.1) is 6.92 Å². The van der Waals surface area contributed by atoms with Crippen molar-refractivity contribution in [2.24, 2.45) is 0 Å². The molecule has 164 valence electrons. The summed E-state index contributed by atoms with van der Waals surface area (Å²) in [5.74, 6) is 0.307. The number of aromatic nitrogens is 3. The van der Waals surface area contributed by atoms with Crippen LogP contribution in [-0.2, 0) is 6.54 Å². The Balaban J connectivity index is 1.69. The number of rotatable bonds is 5. The van der Waals surface area contributed by atoms with Gasteiger partial charge in [-0.1, -0.05) is 42.5 Å². The maximum absolute atomic E-state index is 13.4. The summed E-state index contributed by atoms with van der Waals surface area (Å²) in [5.41, 5.74) is 3.68. The van der Waals surface area contributed by atoms with Crippen LogP contribution < -0.4 is 15.6 Å². The number of benzene rings is 2. The van der Waals surface area contributed by atoms with Gasteiger partial charge in [0.2, 0.25) is 0 Å². The van der Waals surface area contributed by atoms with Gasteiger partial charge in [0.15, 0.2) is 0 Å². The summed E-state index contributed by atoms with van der Waals surface area (Å²) >= 11 is 0. The highest BCUT2D eigenvalue weighted by molar-refractivity contribution is 6.06. The van der Waals surface area contributed by atoms with Crippen LogP contribution in [0.3, 0.4) is 0 Å². The zero-order chi connectivity index (χ0) is 22.9. The second-order valence-electron chi connectivity index (χ2n) is 7.83. The molecule has 7 heteroatoms. The second-order valence-corrected chi connectivity index (χ2v) is 7.83. The first-order valence-corrected chi connectivity index (χ1v) is 10.6. The van der Waals surface area contributed by atoms with Crippen molar-refractivity contribution in [2.45, 2.75) is 13.5 Å². The molecule has 2 aromatic carbocycles. The summed E-state index contributed by atoms with van der Waals surface area (Å²) in [6.07, 6.45) is 1.70. The number of nitrogens with zero attached hydrogens (tertiary/aromatic N) is 3. The van der Waals surface area contributed by atoms with E-state index >= 15 is 0 Å². The quantitative estimate of drug-likeness (QED) is 0.445. The molecule has 0 atom stereocenters. The molecule has 5 aromatic rings. The van der Waals surface area contributed by atoms with E-state index in [-0.39, 0.29) is 11.5 Å². The molecule has 5 rings (SSSR count). The number of fused-ring (bicyclic) bond motifs is 2. The van der Waals surface area contributed by atoms with E-state index < -0.39 is 0 Å². The molecule has 1 N–H and O–H groups in total. The number of anilines is 1. The first-order valence-electron chi connectivity index (χ1n) is 10.6. The van der Waals surface area contributed by atoms with Crippen LogP contribution >= 0.6 is 0 Å². The van der Waals surface area contributed by atoms with E-state index in [2.05, 4.69) is 5.32 Å². The topological polar surface area (TPSA) is 77.6 Å². The number of carbonyl (C=O) groups excluding carboxylic acids is 1. The van der Waals surface area contributed by atoms with Gasteiger partial charge in [-0.25, -0.2) is 4.98 Å². The summed E-state index contributed by atoms with van der Waals surface area (Å²) in [6, 6.07) is 22.3. The highest BCUT2D eigenvalue weighted by Crippen LogP contribution is 2.22. The van der Waals surface area contributed by atoms with Crippen molar-refractivity contribution in [1.82, 2.24) is 14.0 Å². The summed E-state index contributed by atoms with van der Waals surface area (Å²) in [6.45, 7) is 2.31. The van der Waals surface area contributed by atoms with E-state index in [0.717, 1.165) is 11.1 Å². The highest BCUT2D eigenvalue weighted by Gasteiger charge is 2.21. The molecule has 33 heavy (non-hydrogen) atoms. The molecule has 0 aliphatic carbocycles. The molecule has 0 saturated carbocycles. The lowest BCUT2D eigenvalue weighted by molar-refractivity contribution is 0.101. The number of methoxy groups -OCH3 is 1. The van der Waals surface area contributed by atoms with Gasteiger partial charge in [-0.05, 0) is 42.3 Å². The first-order chi connectivity index (χ1) is 16.0. The molecule has 1 amide bonds. The Hall–Kier alpha value is -4.39. The van der Waals surface area contributed by atoms with Crippen molar-refractivity contribution >= 4 is 28.3 Å². The number of amides is 1. The van der Waals surface area contributed by atoms with Crippen LogP contribution in [0.4, 0.5) is 5.69 Å².